The van der Waals surface area contributed by atoms with Crippen LogP contribution in [0, 0.1) is 0 Å². The van der Waals surface area contributed by atoms with E-state index in [4.69, 9.17) is 9.52 Å². The lowest BCUT2D eigenvalue weighted by Crippen LogP contribution is -2.10. The fourth-order valence-corrected chi connectivity index (χ4v) is 2.10. The first-order valence-corrected chi connectivity index (χ1v) is 5.15. The monoisotopic (exact) mass is 228 g/mol. The van der Waals surface area contributed by atoms with Crippen LogP contribution in [0.2, 0.25) is 0 Å². The van der Waals surface area contributed by atoms with Gasteiger partial charge in [0.25, 0.3) is 0 Å². The summed E-state index contributed by atoms with van der Waals surface area (Å²) in [4.78, 5) is 22.6. The lowest BCUT2D eigenvalue weighted by Gasteiger charge is -2.00. The van der Waals surface area contributed by atoms with Gasteiger partial charge in [-0.25, -0.2) is 4.79 Å². The van der Waals surface area contributed by atoms with Crippen LogP contribution < -0.4 is 5.43 Å². The van der Waals surface area contributed by atoms with E-state index in [9.17, 15) is 9.59 Å². The van der Waals surface area contributed by atoms with Gasteiger partial charge in [-0.3, -0.25) is 4.79 Å². The molecule has 1 aliphatic carbocycles. The van der Waals surface area contributed by atoms with Crippen LogP contribution in [0.3, 0.4) is 0 Å². The fourth-order valence-electron chi connectivity index (χ4n) is 2.10. The van der Waals surface area contributed by atoms with Gasteiger partial charge in [-0.2, -0.15) is 0 Å². The summed E-state index contributed by atoms with van der Waals surface area (Å²) in [5.74, 6) is -1.15. The third-order valence-corrected chi connectivity index (χ3v) is 2.89. The molecule has 0 unspecified atom stereocenters. The molecule has 1 aliphatic rings. The van der Waals surface area contributed by atoms with Gasteiger partial charge in [-0.05, 0) is 5.56 Å². The van der Waals surface area contributed by atoms with Crippen LogP contribution >= 0.6 is 0 Å². The van der Waals surface area contributed by atoms with Gasteiger partial charge in [0.05, 0.1) is 0 Å². The molecule has 0 atom stereocenters. The predicted molar refractivity (Wildman–Crippen MR) is 60.2 cm³/mol. The van der Waals surface area contributed by atoms with Crippen molar-refractivity contribution in [1.82, 2.24) is 0 Å². The second-order valence-corrected chi connectivity index (χ2v) is 3.92. The number of carboxylic acids is 1. The third-order valence-electron chi connectivity index (χ3n) is 2.89. The summed E-state index contributed by atoms with van der Waals surface area (Å²) < 4.78 is 5.29. The van der Waals surface area contributed by atoms with E-state index in [0.717, 1.165) is 17.2 Å². The molecule has 1 aromatic heterocycles. The summed E-state index contributed by atoms with van der Waals surface area (Å²) in [5, 5.41) is 8.86. The fraction of sp³-hybridized carbons (Fsp3) is 0.0769. The van der Waals surface area contributed by atoms with E-state index in [2.05, 4.69) is 0 Å². The Bertz CT molecular complexity index is 682. The average molecular weight is 228 g/mol. The van der Waals surface area contributed by atoms with E-state index >= 15 is 0 Å². The Morgan fingerprint density at radius 1 is 1.29 bits per heavy atom. The number of rotatable bonds is 1. The molecule has 0 spiro atoms. The lowest BCUT2D eigenvalue weighted by atomic mass is 10.1. The first-order chi connectivity index (χ1) is 8.16. The van der Waals surface area contributed by atoms with E-state index < -0.39 is 5.97 Å². The second kappa shape index (κ2) is 3.31. The molecule has 0 fully saturated rings. The van der Waals surface area contributed by atoms with E-state index in [1.54, 1.807) is 0 Å². The molecule has 4 heteroatoms. The number of aromatic carboxylic acids is 1. The van der Waals surface area contributed by atoms with Crippen LogP contribution in [-0.2, 0) is 6.42 Å². The average Bonchev–Trinajstić information content (AvgIpc) is 2.68. The molecule has 1 aromatic carbocycles. The molecule has 0 radical (unpaired) electrons. The summed E-state index contributed by atoms with van der Waals surface area (Å²) >= 11 is 0. The molecule has 17 heavy (non-hydrogen) atoms. The van der Waals surface area contributed by atoms with Crippen LogP contribution in [0.4, 0.5) is 0 Å². The molecular formula is C13H8O4. The Kier molecular flexibility index (Phi) is 1.92. The number of carbonyl (C=O) groups is 1. The molecule has 0 aliphatic heterocycles. The highest BCUT2D eigenvalue weighted by Crippen LogP contribution is 2.34. The van der Waals surface area contributed by atoms with Crippen molar-refractivity contribution >= 4 is 5.97 Å². The van der Waals surface area contributed by atoms with E-state index in [-0.39, 0.29) is 11.2 Å². The lowest BCUT2D eigenvalue weighted by molar-refractivity contribution is 0.0660. The Labute approximate surface area is 96.1 Å². The Balaban J connectivity index is 2.32. The van der Waals surface area contributed by atoms with E-state index in [1.165, 1.54) is 0 Å². The van der Waals surface area contributed by atoms with Gasteiger partial charge in [-0.15, -0.1) is 0 Å². The molecule has 0 saturated carbocycles. The van der Waals surface area contributed by atoms with E-state index in [0.29, 0.717) is 17.7 Å². The maximum absolute atomic E-state index is 11.8. The largest absolute Gasteiger partial charge is 0.475 e. The van der Waals surface area contributed by atoms with Gasteiger partial charge >= 0.3 is 5.97 Å². The number of hydrogen-bond donors (Lipinski definition) is 1. The van der Waals surface area contributed by atoms with Crippen molar-refractivity contribution in [2.75, 3.05) is 0 Å². The molecule has 4 nitrogen and oxygen atoms in total. The minimum atomic E-state index is -1.23. The predicted octanol–water partition coefficient (Wildman–Crippen LogP) is 1.91. The molecule has 84 valence electrons. The highest BCUT2D eigenvalue weighted by Gasteiger charge is 2.25. The molecule has 0 bridgehead atoms. The summed E-state index contributed by atoms with van der Waals surface area (Å²) in [6.07, 6.45) is 0.508. The number of benzene rings is 1. The Hall–Kier alpha value is -2.36. The van der Waals surface area contributed by atoms with Crippen LogP contribution in [0.15, 0.2) is 39.5 Å². The van der Waals surface area contributed by atoms with Crippen molar-refractivity contribution in [3.8, 4) is 11.3 Å². The maximum Gasteiger partial charge on any atom is 0.371 e. The molecule has 2 aromatic rings. The van der Waals surface area contributed by atoms with Crippen molar-refractivity contribution in [3.05, 3.63) is 57.4 Å². The number of hydrogen-bond acceptors (Lipinski definition) is 3. The van der Waals surface area contributed by atoms with Gasteiger partial charge < -0.3 is 9.52 Å². The third kappa shape index (κ3) is 1.38. The highest BCUT2D eigenvalue weighted by molar-refractivity contribution is 5.85. The molecule has 1 heterocycles. The molecule has 1 N–H and O–H groups in total. The quantitative estimate of drug-likeness (QED) is 0.690. The zero-order chi connectivity index (χ0) is 12.0. The summed E-state index contributed by atoms with van der Waals surface area (Å²) in [7, 11) is 0. The molecule has 3 rings (SSSR count). The maximum atomic E-state index is 11.8. The van der Waals surface area contributed by atoms with Gasteiger partial charge in [0.2, 0.25) is 5.76 Å². The van der Waals surface area contributed by atoms with Gasteiger partial charge in [-0.1, -0.05) is 24.3 Å². The van der Waals surface area contributed by atoms with Crippen LogP contribution in [0.25, 0.3) is 11.3 Å². The van der Waals surface area contributed by atoms with Gasteiger partial charge in [0.15, 0.2) is 5.43 Å². The first-order valence-electron chi connectivity index (χ1n) is 5.15. The van der Waals surface area contributed by atoms with Crippen molar-refractivity contribution in [1.29, 1.82) is 0 Å². The Morgan fingerprint density at radius 2 is 2.06 bits per heavy atom. The summed E-state index contributed by atoms with van der Waals surface area (Å²) in [6, 6.07) is 8.49. The smallest absolute Gasteiger partial charge is 0.371 e. The zero-order valence-electron chi connectivity index (χ0n) is 8.77. The Morgan fingerprint density at radius 3 is 2.82 bits per heavy atom. The van der Waals surface area contributed by atoms with Gasteiger partial charge in [0.1, 0.15) is 5.76 Å². The van der Waals surface area contributed by atoms with Crippen molar-refractivity contribution in [2.24, 2.45) is 0 Å². The van der Waals surface area contributed by atoms with Gasteiger partial charge in [0, 0.05) is 23.6 Å². The minimum absolute atomic E-state index is 0.278. The van der Waals surface area contributed by atoms with Crippen LogP contribution in [-0.4, -0.2) is 11.1 Å². The van der Waals surface area contributed by atoms with Crippen LogP contribution in [0.1, 0.15) is 21.7 Å². The summed E-state index contributed by atoms with van der Waals surface area (Å²) in [5.41, 5.74) is 2.06. The highest BCUT2D eigenvalue weighted by atomic mass is 16.4. The first kappa shape index (κ1) is 9.84. The van der Waals surface area contributed by atoms with Crippen molar-refractivity contribution in [3.63, 3.8) is 0 Å². The number of carboxylic acid groups (broad SMARTS) is 1. The minimum Gasteiger partial charge on any atom is -0.475 e. The molecular weight excluding hydrogens is 220 g/mol. The standard InChI is InChI=1S/C13H8O4/c14-10-6-11(13(15)16)17-12-8-4-2-1-3-7(8)5-9(10)12/h1-4,6H,5H2,(H,15,16). The second-order valence-electron chi connectivity index (χ2n) is 3.92. The molecule has 0 amide bonds. The topological polar surface area (TPSA) is 67.5 Å². The van der Waals surface area contributed by atoms with E-state index in [1.807, 2.05) is 24.3 Å². The van der Waals surface area contributed by atoms with Crippen molar-refractivity contribution in [2.45, 2.75) is 6.42 Å². The SMILES string of the molecule is O=C(O)c1cc(=O)c2c(o1)-c1ccccc1C2. The number of fused-ring (bicyclic) bond motifs is 3. The zero-order valence-corrected chi connectivity index (χ0v) is 8.77. The summed E-state index contributed by atoms with van der Waals surface area (Å²) in [6.45, 7) is 0. The van der Waals surface area contributed by atoms with Crippen molar-refractivity contribution < 1.29 is 14.3 Å². The normalized spacial score (nSPS) is 12.0. The molecule has 0 saturated heterocycles. The van der Waals surface area contributed by atoms with Crippen LogP contribution in [0.5, 0.6) is 0 Å².